The minimum absolute atomic E-state index is 0.0274. The summed E-state index contributed by atoms with van der Waals surface area (Å²) in [5.74, 6) is -0.214. The maximum absolute atomic E-state index is 12.0. The Morgan fingerprint density at radius 2 is 2.05 bits per heavy atom. The van der Waals surface area contributed by atoms with Crippen molar-refractivity contribution in [2.45, 2.75) is 20.8 Å². The zero-order valence-electron chi connectivity index (χ0n) is 11.7. The molecule has 2 rings (SSSR count). The van der Waals surface area contributed by atoms with Gasteiger partial charge in [-0.05, 0) is 6.07 Å². The Labute approximate surface area is 119 Å². The molecule has 0 unspecified atom stereocenters. The molecule has 7 heteroatoms. The van der Waals surface area contributed by atoms with Gasteiger partial charge in [-0.3, -0.25) is 14.9 Å². The molecule has 1 amide bonds. The first-order valence-electron chi connectivity index (χ1n) is 6.03. The summed E-state index contributed by atoms with van der Waals surface area (Å²) in [5.41, 5.74) is 0.180. The van der Waals surface area contributed by atoms with E-state index in [1.165, 1.54) is 23.5 Å². The van der Waals surface area contributed by atoms with Crippen molar-refractivity contribution in [3.05, 3.63) is 33.1 Å². The molecule has 2 aromatic rings. The number of amides is 1. The molecular formula is C13H15N3O3S. The third-order valence-corrected chi connectivity index (χ3v) is 3.95. The number of carbonyl (C=O) groups excluding carboxylic acids is 1. The van der Waals surface area contributed by atoms with Crippen LogP contribution < -0.4 is 4.80 Å². The molecule has 0 radical (unpaired) electrons. The Morgan fingerprint density at radius 3 is 2.60 bits per heavy atom. The van der Waals surface area contributed by atoms with E-state index in [0.717, 1.165) is 4.70 Å². The second-order valence-corrected chi connectivity index (χ2v) is 6.53. The quantitative estimate of drug-likeness (QED) is 0.599. The first-order valence-corrected chi connectivity index (χ1v) is 6.85. The third kappa shape index (κ3) is 2.62. The highest BCUT2D eigenvalue weighted by atomic mass is 32.1. The van der Waals surface area contributed by atoms with E-state index < -0.39 is 10.3 Å². The van der Waals surface area contributed by atoms with Crippen molar-refractivity contribution >= 4 is 33.1 Å². The molecule has 0 spiro atoms. The summed E-state index contributed by atoms with van der Waals surface area (Å²) in [6, 6.07) is 4.62. The summed E-state index contributed by atoms with van der Waals surface area (Å²) >= 11 is 1.34. The van der Waals surface area contributed by atoms with Crippen LogP contribution in [-0.4, -0.2) is 15.4 Å². The van der Waals surface area contributed by atoms with Crippen LogP contribution in [0.3, 0.4) is 0 Å². The fourth-order valence-electron chi connectivity index (χ4n) is 1.59. The maximum atomic E-state index is 12.0. The zero-order chi connectivity index (χ0) is 15.1. The fraction of sp³-hybridized carbons (Fsp3) is 0.385. The number of rotatable bonds is 1. The van der Waals surface area contributed by atoms with Crippen LogP contribution >= 0.6 is 11.3 Å². The molecular weight excluding hydrogens is 278 g/mol. The van der Waals surface area contributed by atoms with Crippen molar-refractivity contribution in [3.8, 4) is 0 Å². The average Bonchev–Trinajstić information content (AvgIpc) is 2.65. The second-order valence-electron chi connectivity index (χ2n) is 5.52. The molecule has 0 atom stereocenters. The number of benzene rings is 1. The van der Waals surface area contributed by atoms with Crippen LogP contribution in [0.4, 0.5) is 5.69 Å². The van der Waals surface area contributed by atoms with E-state index in [0.29, 0.717) is 10.3 Å². The number of nitrogens with zero attached hydrogens (tertiary/aromatic N) is 3. The maximum Gasteiger partial charge on any atom is 0.271 e. The highest BCUT2D eigenvalue weighted by molar-refractivity contribution is 7.16. The van der Waals surface area contributed by atoms with Gasteiger partial charge in [0.1, 0.15) is 0 Å². The number of hydrogen-bond acceptors (Lipinski definition) is 4. The number of aryl methyl sites for hydroxylation is 1. The van der Waals surface area contributed by atoms with Crippen molar-refractivity contribution in [1.29, 1.82) is 0 Å². The molecule has 6 nitrogen and oxygen atoms in total. The van der Waals surface area contributed by atoms with Gasteiger partial charge >= 0.3 is 0 Å². The standard InChI is InChI=1S/C13H15N3O3S/c1-13(2,3)11(17)14-12-15(4)9-7-8(16(18)19)5-6-10(9)20-12/h5-7H,1-4H3. The van der Waals surface area contributed by atoms with Gasteiger partial charge in [-0.2, -0.15) is 4.99 Å². The Hall–Kier alpha value is -2.02. The van der Waals surface area contributed by atoms with Crippen molar-refractivity contribution in [2.24, 2.45) is 17.5 Å². The third-order valence-electron chi connectivity index (χ3n) is 2.84. The summed E-state index contributed by atoms with van der Waals surface area (Å²) in [5, 5.41) is 10.8. The topological polar surface area (TPSA) is 77.5 Å². The van der Waals surface area contributed by atoms with Crippen molar-refractivity contribution in [2.75, 3.05) is 0 Å². The lowest BCUT2D eigenvalue weighted by molar-refractivity contribution is -0.384. The van der Waals surface area contributed by atoms with E-state index in [4.69, 9.17) is 0 Å². The van der Waals surface area contributed by atoms with Gasteiger partial charge in [0.05, 0.1) is 15.1 Å². The lowest BCUT2D eigenvalue weighted by atomic mass is 9.96. The number of fused-ring (bicyclic) bond motifs is 1. The molecule has 20 heavy (non-hydrogen) atoms. The minimum Gasteiger partial charge on any atom is -0.319 e. The van der Waals surface area contributed by atoms with Crippen LogP contribution in [-0.2, 0) is 11.8 Å². The molecule has 0 aliphatic heterocycles. The van der Waals surface area contributed by atoms with Gasteiger partial charge in [-0.15, -0.1) is 0 Å². The Morgan fingerprint density at radius 1 is 1.40 bits per heavy atom. The van der Waals surface area contributed by atoms with Crippen LogP contribution in [0.2, 0.25) is 0 Å². The summed E-state index contributed by atoms with van der Waals surface area (Å²) in [6.45, 7) is 5.41. The normalized spacial score (nSPS) is 12.9. The highest BCUT2D eigenvalue weighted by Gasteiger charge is 2.21. The first-order chi connectivity index (χ1) is 9.20. The molecule has 0 aliphatic rings. The van der Waals surface area contributed by atoms with Gasteiger partial charge in [0.25, 0.3) is 11.6 Å². The lowest BCUT2D eigenvalue weighted by Crippen LogP contribution is -2.22. The van der Waals surface area contributed by atoms with Crippen LogP contribution in [0, 0.1) is 15.5 Å². The number of aromatic nitrogens is 1. The molecule has 0 N–H and O–H groups in total. The number of non-ortho nitro benzene ring substituents is 1. The van der Waals surface area contributed by atoms with Crippen LogP contribution in [0.5, 0.6) is 0 Å². The zero-order valence-corrected chi connectivity index (χ0v) is 12.5. The van der Waals surface area contributed by atoms with Gasteiger partial charge in [0, 0.05) is 24.6 Å². The van der Waals surface area contributed by atoms with Crippen molar-refractivity contribution < 1.29 is 9.72 Å². The lowest BCUT2D eigenvalue weighted by Gasteiger charge is -2.11. The largest absolute Gasteiger partial charge is 0.319 e. The molecule has 0 aliphatic carbocycles. The van der Waals surface area contributed by atoms with Gasteiger partial charge in [-0.1, -0.05) is 32.1 Å². The Bertz CT molecular complexity index is 765. The van der Waals surface area contributed by atoms with E-state index >= 15 is 0 Å². The number of thiazole rings is 1. The van der Waals surface area contributed by atoms with Crippen LogP contribution in [0.25, 0.3) is 10.2 Å². The predicted molar refractivity (Wildman–Crippen MR) is 77.5 cm³/mol. The number of nitro groups is 1. The highest BCUT2D eigenvalue weighted by Crippen LogP contribution is 2.22. The summed E-state index contributed by atoms with van der Waals surface area (Å²) in [7, 11) is 1.75. The molecule has 0 fully saturated rings. The van der Waals surface area contributed by atoms with E-state index in [9.17, 15) is 14.9 Å². The van der Waals surface area contributed by atoms with Gasteiger partial charge in [-0.25, -0.2) is 0 Å². The van der Waals surface area contributed by atoms with Gasteiger partial charge in [0.15, 0.2) is 4.80 Å². The number of hydrogen-bond donors (Lipinski definition) is 0. The molecule has 0 bridgehead atoms. The van der Waals surface area contributed by atoms with E-state index in [-0.39, 0.29) is 11.6 Å². The van der Waals surface area contributed by atoms with Crippen molar-refractivity contribution in [1.82, 2.24) is 4.57 Å². The number of carbonyl (C=O) groups is 1. The molecule has 1 aromatic heterocycles. The SMILES string of the molecule is Cn1c(=NC(=O)C(C)(C)C)sc2ccc([N+](=O)[O-])cc21. The van der Waals surface area contributed by atoms with Crippen LogP contribution in [0.1, 0.15) is 20.8 Å². The summed E-state index contributed by atoms with van der Waals surface area (Å²) in [6.07, 6.45) is 0. The molecule has 0 saturated carbocycles. The van der Waals surface area contributed by atoms with E-state index in [1.807, 2.05) is 0 Å². The summed E-state index contributed by atoms with van der Waals surface area (Å²) < 4.78 is 2.56. The summed E-state index contributed by atoms with van der Waals surface area (Å²) in [4.78, 5) is 27.0. The first kappa shape index (κ1) is 14.4. The van der Waals surface area contributed by atoms with Crippen LogP contribution in [0.15, 0.2) is 23.2 Å². The molecule has 106 valence electrons. The molecule has 1 heterocycles. The average molecular weight is 293 g/mol. The Kier molecular flexibility index (Phi) is 3.47. The second kappa shape index (κ2) is 4.82. The van der Waals surface area contributed by atoms with E-state index in [1.54, 1.807) is 38.5 Å². The van der Waals surface area contributed by atoms with E-state index in [2.05, 4.69) is 4.99 Å². The van der Waals surface area contributed by atoms with Crippen molar-refractivity contribution in [3.63, 3.8) is 0 Å². The fourth-order valence-corrected chi connectivity index (χ4v) is 2.59. The monoisotopic (exact) mass is 293 g/mol. The smallest absolute Gasteiger partial charge is 0.271 e. The minimum atomic E-state index is -0.546. The van der Waals surface area contributed by atoms with Gasteiger partial charge in [0.2, 0.25) is 0 Å². The molecule has 1 aromatic carbocycles. The molecule has 0 saturated heterocycles. The number of nitro benzene ring substituents is 1. The Balaban J connectivity index is 2.63. The predicted octanol–water partition coefficient (Wildman–Crippen LogP) is 2.62. The van der Waals surface area contributed by atoms with Gasteiger partial charge < -0.3 is 4.57 Å².